The van der Waals surface area contributed by atoms with Gasteiger partial charge in [-0.15, -0.1) is 0 Å². The Hall–Kier alpha value is -0.590. The summed E-state index contributed by atoms with van der Waals surface area (Å²) in [6.45, 7) is 8.74. The second-order valence-corrected chi connectivity index (χ2v) is 6.12. The van der Waals surface area contributed by atoms with Gasteiger partial charge < -0.3 is 4.90 Å². The minimum Gasteiger partial charge on any atom is -0.306 e. The van der Waals surface area contributed by atoms with E-state index in [1.807, 2.05) is 6.92 Å². The van der Waals surface area contributed by atoms with E-state index in [-0.39, 0.29) is 5.54 Å². The fourth-order valence-corrected chi connectivity index (χ4v) is 2.26. The zero-order chi connectivity index (χ0) is 12.9. The van der Waals surface area contributed by atoms with E-state index in [1.54, 1.807) is 0 Å². The first-order valence-corrected chi connectivity index (χ1v) is 6.82. The zero-order valence-corrected chi connectivity index (χ0v) is 11.8. The molecule has 0 amide bonds. The summed E-state index contributed by atoms with van der Waals surface area (Å²) < 4.78 is 0. The van der Waals surface area contributed by atoms with Crippen molar-refractivity contribution in [2.45, 2.75) is 58.0 Å². The van der Waals surface area contributed by atoms with E-state index in [0.717, 1.165) is 25.9 Å². The van der Waals surface area contributed by atoms with Crippen molar-refractivity contribution in [3.63, 3.8) is 0 Å². The Labute approximate surface area is 106 Å². The molecule has 0 radical (unpaired) electrons. The molecule has 1 unspecified atom stereocenters. The molecule has 1 rings (SSSR count). The van der Waals surface area contributed by atoms with Crippen LogP contribution >= 0.6 is 0 Å². The molecule has 3 nitrogen and oxygen atoms in total. The summed E-state index contributed by atoms with van der Waals surface area (Å²) in [7, 11) is 2.16. The number of nitrogens with one attached hydrogen (secondary N) is 1. The monoisotopic (exact) mass is 237 g/mol. The molecule has 0 aromatic rings. The first-order valence-electron chi connectivity index (χ1n) is 6.82. The highest BCUT2D eigenvalue weighted by molar-refractivity contribution is 5.06. The van der Waals surface area contributed by atoms with Crippen LogP contribution < -0.4 is 5.32 Å². The van der Waals surface area contributed by atoms with Crippen LogP contribution in [0.1, 0.15) is 46.5 Å². The van der Waals surface area contributed by atoms with Gasteiger partial charge in [0, 0.05) is 12.6 Å². The van der Waals surface area contributed by atoms with Crippen molar-refractivity contribution in [1.29, 1.82) is 5.26 Å². The predicted octanol–water partition coefficient (Wildman–Crippen LogP) is 2.39. The van der Waals surface area contributed by atoms with Crippen molar-refractivity contribution in [1.82, 2.24) is 10.2 Å². The average Bonchev–Trinajstić information content (AvgIpc) is 3.00. The van der Waals surface area contributed by atoms with Crippen molar-refractivity contribution in [3.05, 3.63) is 0 Å². The van der Waals surface area contributed by atoms with Crippen molar-refractivity contribution in [2.24, 2.45) is 5.92 Å². The molecule has 1 atom stereocenters. The normalized spacial score (nSPS) is 19.4. The van der Waals surface area contributed by atoms with Crippen molar-refractivity contribution < 1.29 is 0 Å². The third-order valence-corrected chi connectivity index (χ3v) is 3.24. The smallest absolute Gasteiger partial charge is 0.104 e. The van der Waals surface area contributed by atoms with Gasteiger partial charge in [0.2, 0.25) is 0 Å². The molecule has 0 saturated heterocycles. The first-order chi connectivity index (χ1) is 7.95. The lowest BCUT2D eigenvalue weighted by Gasteiger charge is -2.25. The Morgan fingerprint density at radius 2 is 2.12 bits per heavy atom. The molecule has 1 N–H and O–H groups in total. The summed E-state index contributed by atoms with van der Waals surface area (Å²) in [6.07, 6.45) is 4.52. The highest BCUT2D eigenvalue weighted by atomic mass is 15.1. The maximum atomic E-state index is 9.25. The Morgan fingerprint density at radius 3 is 2.59 bits per heavy atom. The quantitative estimate of drug-likeness (QED) is 0.704. The number of rotatable bonds is 8. The second-order valence-electron chi connectivity index (χ2n) is 6.12. The lowest BCUT2D eigenvalue weighted by molar-refractivity contribution is 0.276. The standard InChI is InChI=1S/C14H27N3/c1-12(2)10-17(4)9-5-8-14(3,11-15)16-13-6-7-13/h12-13,16H,5-10H2,1-4H3. The highest BCUT2D eigenvalue weighted by Crippen LogP contribution is 2.24. The summed E-state index contributed by atoms with van der Waals surface area (Å²) in [5, 5.41) is 12.7. The number of hydrogen-bond donors (Lipinski definition) is 1. The summed E-state index contributed by atoms with van der Waals surface area (Å²) >= 11 is 0. The molecule has 0 spiro atoms. The minimum atomic E-state index is -0.320. The van der Waals surface area contributed by atoms with E-state index >= 15 is 0 Å². The predicted molar refractivity (Wildman–Crippen MR) is 71.7 cm³/mol. The van der Waals surface area contributed by atoms with Gasteiger partial charge in [0.05, 0.1) is 6.07 Å². The van der Waals surface area contributed by atoms with E-state index < -0.39 is 0 Å². The third kappa shape index (κ3) is 6.05. The van der Waals surface area contributed by atoms with Crippen LogP contribution in [0.3, 0.4) is 0 Å². The SMILES string of the molecule is CC(C)CN(C)CCCC(C)(C#N)NC1CC1. The van der Waals surface area contributed by atoms with Crippen LogP contribution in [0.15, 0.2) is 0 Å². The van der Waals surface area contributed by atoms with Crippen LogP contribution in [0.2, 0.25) is 0 Å². The van der Waals surface area contributed by atoms with E-state index in [1.165, 1.54) is 12.8 Å². The van der Waals surface area contributed by atoms with Crippen LogP contribution in [-0.2, 0) is 0 Å². The van der Waals surface area contributed by atoms with Crippen molar-refractivity contribution in [3.8, 4) is 6.07 Å². The van der Waals surface area contributed by atoms with Gasteiger partial charge in [-0.2, -0.15) is 5.26 Å². The first kappa shape index (κ1) is 14.5. The molecule has 1 aliphatic rings. The van der Waals surface area contributed by atoms with E-state index in [4.69, 9.17) is 0 Å². The lowest BCUT2D eigenvalue weighted by atomic mass is 9.97. The fourth-order valence-electron chi connectivity index (χ4n) is 2.26. The van der Waals surface area contributed by atoms with Crippen molar-refractivity contribution >= 4 is 0 Å². The van der Waals surface area contributed by atoms with Gasteiger partial charge in [0.1, 0.15) is 5.54 Å². The maximum Gasteiger partial charge on any atom is 0.104 e. The Balaban J connectivity index is 2.20. The summed E-state index contributed by atoms with van der Waals surface area (Å²) in [5.41, 5.74) is -0.320. The Kier molecular flexibility index (Phi) is 5.42. The highest BCUT2D eigenvalue weighted by Gasteiger charge is 2.31. The van der Waals surface area contributed by atoms with Gasteiger partial charge in [0.15, 0.2) is 0 Å². The molecule has 1 aliphatic carbocycles. The topological polar surface area (TPSA) is 39.1 Å². The molecule has 0 heterocycles. The molecule has 0 aliphatic heterocycles. The van der Waals surface area contributed by atoms with Gasteiger partial charge in [-0.05, 0) is 52.1 Å². The molecule has 1 fully saturated rings. The Morgan fingerprint density at radius 1 is 1.47 bits per heavy atom. The third-order valence-electron chi connectivity index (χ3n) is 3.24. The largest absolute Gasteiger partial charge is 0.306 e. The number of nitriles is 1. The molecule has 0 aromatic carbocycles. The van der Waals surface area contributed by atoms with Crippen molar-refractivity contribution in [2.75, 3.05) is 20.1 Å². The molecule has 17 heavy (non-hydrogen) atoms. The second kappa shape index (κ2) is 6.37. The Bertz CT molecular complexity index is 265. The van der Waals surface area contributed by atoms with Gasteiger partial charge >= 0.3 is 0 Å². The van der Waals surface area contributed by atoms with Gasteiger partial charge in [-0.3, -0.25) is 5.32 Å². The van der Waals surface area contributed by atoms with E-state index in [0.29, 0.717) is 12.0 Å². The summed E-state index contributed by atoms with van der Waals surface area (Å²) in [5.74, 6) is 0.715. The molecule has 0 aromatic heterocycles. The molecular weight excluding hydrogens is 210 g/mol. The lowest BCUT2D eigenvalue weighted by Crippen LogP contribution is -2.42. The van der Waals surface area contributed by atoms with Crippen LogP contribution in [0.4, 0.5) is 0 Å². The van der Waals surface area contributed by atoms with E-state index in [9.17, 15) is 5.26 Å². The van der Waals surface area contributed by atoms with Gasteiger partial charge in [-0.25, -0.2) is 0 Å². The fraction of sp³-hybridized carbons (Fsp3) is 0.929. The average molecular weight is 237 g/mol. The summed E-state index contributed by atoms with van der Waals surface area (Å²) in [4.78, 5) is 2.36. The van der Waals surface area contributed by atoms with Crippen LogP contribution in [-0.4, -0.2) is 36.6 Å². The minimum absolute atomic E-state index is 0.320. The number of nitrogens with zero attached hydrogens (tertiary/aromatic N) is 2. The molecular formula is C14H27N3. The van der Waals surface area contributed by atoms with Gasteiger partial charge in [-0.1, -0.05) is 13.8 Å². The van der Waals surface area contributed by atoms with Crippen LogP contribution in [0, 0.1) is 17.2 Å². The molecule has 3 heteroatoms. The van der Waals surface area contributed by atoms with E-state index in [2.05, 4.69) is 37.2 Å². The maximum absolute atomic E-state index is 9.25. The molecule has 0 bridgehead atoms. The van der Waals surface area contributed by atoms with Gasteiger partial charge in [0.25, 0.3) is 0 Å². The molecule has 1 saturated carbocycles. The summed E-state index contributed by atoms with van der Waals surface area (Å²) in [6, 6.07) is 3.04. The number of hydrogen-bond acceptors (Lipinski definition) is 3. The van der Waals surface area contributed by atoms with Crippen LogP contribution in [0.25, 0.3) is 0 Å². The molecule has 98 valence electrons. The van der Waals surface area contributed by atoms with Crippen LogP contribution in [0.5, 0.6) is 0 Å². The zero-order valence-electron chi connectivity index (χ0n) is 11.8.